The summed E-state index contributed by atoms with van der Waals surface area (Å²) in [4.78, 5) is 10.8. The molecule has 2 N–H and O–H groups in total. The van der Waals surface area contributed by atoms with Crippen LogP contribution in [0, 0.1) is 12.7 Å². The number of aliphatic carboxylic acids is 1. The Morgan fingerprint density at radius 1 is 1.50 bits per heavy atom. The highest BCUT2D eigenvalue weighted by molar-refractivity contribution is 5.67. The molecule has 0 aliphatic carbocycles. The number of aryl methyl sites for hydroxylation is 1. The first-order valence-electron chi connectivity index (χ1n) is 6.23. The fourth-order valence-corrected chi connectivity index (χ4v) is 1.89. The Morgan fingerprint density at radius 2 is 2.22 bits per heavy atom. The van der Waals surface area contributed by atoms with Gasteiger partial charge in [0.2, 0.25) is 0 Å². The second-order valence-electron chi connectivity index (χ2n) is 4.54. The molecule has 4 heteroatoms. The molecule has 0 radical (unpaired) electrons. The quantitative estimate of drug-likeness (QED) is 0.785. The number of carboxylic acid groups (broad SMARTS) is 1. The molecular weight excluding hydrogens is 233 g/mol. The normalized spacial score (nSPS) is 12.4. The van der Waals surface area contributed by atoms with Crippen LogP contribution in [-0.4, -0.2) is 23.7 Å². The molecule has 0 saturated carbocycles. The zero-order valence-electron chi connectivity index (χ0n) is 10.9. The monoisotopic (exact) mass is 253 g/mol. The van der Waals surface area contributed by atoms with Crippen molar-refractivity contribution in [2.24, 2.45) is 0 Å². The van der Waals surface area contributed by atoms with Gasteiger partial charge in [-0.2, -0.15) is 0 Å². The van der Waals surface area contributed by atoms with Gasteiger partial charge in [-0.25, -0.2) is 4.39 Å². The van der Waals surface area contributed by atoms with Gasteiger partial charge in [0.25, 0.3) is 0 Å². The molecule has 0 aliphatic heterocycles. The predicted octanol–water partition coefficient (Wildman–Crippen LogP) is 2.52. The van der Waals surface area contributed by atoms with Crippen molar-refractivity contribution in [1.29, 1.82) is 0 Å². The van der Waals surface area contributed by atoms with Gasteiger partial charge in [0.15, 0.2) is 0 Å². The predicted molar refractivity (Wildman–Crippen MR) is 69.2 cm³/mol. The third-order valence-electron chi connectivity index (χ3n) is 2.81. The van der Waals surface area contributed by atoms with Crippen molar-refractivity contribution < 1.29 is 14.3 Å². The van der Waals surface area contributed by atoms with Gasteiger partial charge < -0.3 is 10.4 Å². The Kier molecular flexibility index (Phi) is 5.78. The van der Waals surface area contributed by atoms with Crippen LogP contribution < -0.4 is 5.32 Å². The maximum Gasteiger partial charge on any atom is 0.304 e. The van der Waals surface area contributed by atoms with Crippen LogP contribution in [0.4, 0.5) is 4.39 Å². The highest BCUT2D eigenvalue weighted by atomic mass is 19.1. The van der Waals surface area contributed by atoms with E-state index in [1.807, 2.05) is 6.92 Å². The van der Waals surface area contributed by atoms with E-state index in [1.54, 1.807) is 19.1 Å². The summed E-state index contributed by atoms with van der Waals surface area (Å²) in [6, 6.07) is 4.82. The number of rotatable bonds is 7. The average Bonchev–Trinajstić information content (AvgIpc) is 2.30. The third kappa shape index (κ3) is 4.84. The van der Waals surface area contributed by atoms with E-state index in [-0.39, 0.29) is 18.3 Å². The van der Waals surface area contributed by atoms with Gasteiger partial charge in [0, 0.05) is 6.04 Å². The lowest BCUT2D eigenvalue weighted by Crippen LogP contribution is -2.34. The third-order valence-corrected chi connectivity index (χ3v) is 2.81. The number of nitrogens with one attached hydrogen (secondary N) is 1. The van der Waals surface area contributed by atoms with Crippen LogP contribution in [0.25, 0.3) is 0 Å². The van der Waals surface area contributed by atoms with Crippen LogP contribution in [0.3, 0.4) is 0 Å². The summed E-state index contributed by atoms with van der Waals surface area (Å²) in [5.41, 5.74) is 1.56. The molecule has 1 aromatic carbocycles. The Labute approximate surface area is 107 Å². The molecule has 1 atom stereocenters. The molecular formula is C14H20FNO2. The van der Waals surface area contributed by atoms with E-state index in [0.717, 1.165) is 18.5 Å². The number of halogens is 1. The van der Waals surface area contributed by atoms with Gasteiger partial charge in [-0.05, 0) is 43.5 Å². The van der Waals surface area contributed by atoms with Crippen molar-refractivity contribution >= 4 is 5.97 Å². The maximum atomic E-state index is 13.1. The van der Waals surface area contributed by atoms with Gasteiger partial charge >= 0.3 is 5.97 Å². The summed E-state index contributed by atoms with van der Waals surface area (Å²) >= 11 is 0. The van der Waals surface area contributed by atoms with Crippen molar-refractivity contribution in [2.45, 2.75) is 39.2 Å². The summed E-state index contributed by atoms with van der Waals surface area (Å²) in [6.45, 7) is 4.54. The van der Waals surface area contributed by atoms with Gasteiger partial charge in [0.1, 0.15) is 5.82 Å². The second kappa shape index (κ2) is 7.11. The zero-order chi connectivity index (χ0) is 13.5. The summed E-state index contributed by atoms with van der Waals surface area (Å²) in [5.74, 6) is -1.04. The summed E-state index contributed by atoms with van der Waals surface area (Å²) in [7, 11) is 0. The standard InChI is InChI=1S/C14H20FNO2/c1-3-6-16-12(9-14(17)18)8-11-4-5-13(15)10(2)7-11/h4-5,7,12,16H,3,6,8-9H2,1-2H3,(H,17,18). The minimum atomic E-state index is -0.817. The SMILES string of the molecule is CCCNC(CC(=O)O)Cc1ccc(F)c(C)c1. The Morgan fingerprint density at radius 3 is 2.78 bits per heavy atom. The van der Waals surface area contributed by atoms with Crippen molar-refractivity contribution in [3.8, 4) is 0 Å². The first kappa shape index (κ1) is 14.6. The lowest BCUT2D eigenvalue weighted by Gasteiger charge is -2.17. The topological polar surface area (TPSA) is 49.3 Å². The van der Waals surface area contributed by atoms with Crippen molar-refractivity contribution in [3.05, 3.63) is 35.1 Å². The van der Waals surface area contributed by atoms with Crippen LogP contribution in [0.1, 0.15) is 30.9 Å². The fourth-order valence-electron chi connectivity index (χ4n) is 1.89. The Bertz CT molecular complexity index is 407. The molecule has 0 heterocycles. The summed E-state index contributed by atoms with van der Waals surface area (Å²) in [5, 5.41) is 12.1. The highest BCUT2D eigenvalue weighted by Gasteiger charge is 2.13. The first-order chi connectivity index (χ1) is 8.52. The molecule has 0 bridgehead atoms. The molecule has 100 valence electrons. The highest BCUT2D eigenvalue weighted by Crippen LogP contribution is 2.12. The second-order valence-corrected chi connectivity index (χ2v) is 4.54. The van der Waals surface area contributed by atoms with Gasteiger partial charge in [-0.3, -0.25) is 4.79 Å². The molecule has 0 spiro atoms. The number of benzene rings is 1. The van der Waals surface area contributed by atoms with Gasteiger partial charge in [0.05, 0.1) is 6.42 Å². The number of hydrogen-bond donors (Lipinski definition) is 2. The van der Waals surface area contributed by atoms with E-state index in [1.165, 1.54) is 6.07 Å². The Hall–Kier alpha value is -1.42. The van der Waals surface area contributed by atoms with E-state index in [4.69, 9.17) is 5.11 Å². The van der Waals surface area contributed by atoms with Crippen LogP contribution in [0.5, 0.6) is 0 Å². The molecule has 1 rings (SSSR count). The fraction of sp³-hybridized carbons (Fsp3) is 0.500. The van der Waals surface area contributed by atoms with Crippen molar-refractivity contribution in [3.63, 3.8) is 0 Å². The lowest BCUT2D eigenvalue weighted by molar-refractivity contribution is -0.137. The molecule has 1 aromatic rings. The molecule has 18 heavy (non-hydrogen) atoms. The number of hydrogen-bond acceptors (Lipinski definition) is 2. The molecule has 0 aliphatic rings. The smallest absolute Gasteiger partial charge is 0.304 e. The Balaban J connectivity index is 2.68. The van der Waals surface area contributed by atoms with Gasteiger partial charge in [-0.1, -0.05) is 19.1 Å². The molecule has 0 aromatic heterocycles. The van der Waals surface area contributed by atoms with E-state index >= 15 is 0 Å². The molecule has 0 amide bonds. The summed E-state index contributed by atoms with van der Waals surface area (Å²) in [6.07, 6.45) is 1.64. The zero-order valence-corrected chi connectivity index (χ0v) is 10.9. The van der Waals surface area contributed by atoms with E-state index in [0.29, 0.717) is 12.0 Å². The average molecular weight is 253 g/mol. The van der Waals surface area contributed by atoms with Crippen LogP contribution in [0.15, 0.2) is 18.2 Å². The van der Waals surface area contributed by atoms with Gasteiger partial charge in [-0.15, -0.1) is 0 Å². The van der Waals surface area contributed by atoms with Crippen LogP contribution >= 0.6 is 0 Å². The van der Waals surface area contributed by atoms with E-state index in [9.17, 15) is 9.18 Å². The molecule has 0 saturated heterocycles. The minimum absolute atomic E-state index is 0.0798. The number of carbonyl (C=O) groups is 1. The molecule has 0 fully saturated rings. The van der Waals surface area contributed by atoms with Crippen molar-refractivity contribution in [1.82, 2.24) is 5.32 Å². The van der Waals surface area contributed by atoms with Crippen LogP contribution in [-0.2, 0) is 11.2 Å². The van der Waals surface area contributed by atoms with Crippen molar-refractivity contribution in [2.75, 3.05) is 6.54 Å². The number of carboxylic acids is 1. The molecule has 1 unspecified atom stereocenters. The molecule has 3 nitrogen and oxygen atoms in total. The minimum Gasteiger partial charge on any atom is -0.481 e. The lowest BCUT2D eigenvalue weighted by atomic mass is 10.0. The van der Waals surface area contributed by atoms with E-state index in [2.05, 4.69) is 5.32 Å². The summed E-state index contributed by atoms with van der Waals surface area (Å²) < 4.78 is 13.1. The van der Waals surface area contributed by atoms with Crippen LogP contribution in [0.2, 0.25) is 0 Å². The maximum absolute atomic E-state index is 13.1. The largest absolute Gasteiger partial charge is 0.481 e. The first-order valence-corrected chi connectivity index (χ1v) is 6.23. The van der Waals surface area contributed by atoms with E-state index < -0.39 is 5.97 Å².